The minimum absolute atomic E-state index is 0.795. The fraction of sp³-hybridized carbons (Fsp3) is 1.00. The molecular weight excluding hydrogens is 208 g/mol. The van der Waals surface area contributed by atoms with E-state index in [4.69, 9.17) is 0 Å². The van der Waals surface area contributed by atoms with Crippen molar-refractivity contribution in [2.75, 3.05) is 20.1 Å². The van der Waals surface area contributed by atoms with Gasteiger partial charge in [0.25, 0.3) is 0 Å². The zero-order chi connectivity index (χ0) is 12.1. The summed E-state index contributed by atoms with van der Waals surface area (Å²) in [7, 11) is 2.34. The van der Waals surface area contributed by atoms with Crippen molar-refractivity contribution in [1.82, 2.24) is 10.2 Å². The molecule has 0 aromatic carbocycles. The smallest absolute Gasteiger partial charge is 0.00923 e. The second-order valence-corrected chi connectivity index (χ2v) is 6.37. The average molecular weight is 238 g/mol. The molecule has 2 aliphatic carbocycles. The van der Waals surface area contributed by atoms with Gasteiger partial charge in [0, 0.05) is 18.6 Å². The van der Waals surface area contributed by atoms with Gasteiger partial charge in [0.15, 0.2) is 0 Å². The molecule has 2 rings (SSSR count). The first-order valence-corrected chi connectivity index (χ1v) is 7.69. The maximum absolute atomic E-state index is 3.65. The summed E-state index contributed by atoms with van der Waals surface area (Å²) in [5, 5.41) is 3.65. The third kappa shape index (κ3) is 4.97. The van der Waals surface area contributed by atoms with Crippen LogP contribution in [0, 0.1) is 5.92 Å². The van der Waals surface area contributed by atoms with Crippen LogP contribution in [0.15, 0.2) is 0 Å². The van der Waals surface area contributed by atoms with Gasteiger partial charge in [-0.1, -0.05) is 32.6 Å². The van der Waals surface area contributed by atoms with Gasteiger partial charge in [0.1, 0.15) is 0 Å². The third-order valence-electron chi connectivity index (χ3n) is 4.38. The molecule has 0 aromatic heterocycles. The minimum Gasteiger partial charge on any atom is -0.314 e. The van der Waals surface area contributed by atoms with Crippen molar-refractivity contribution in [2.24, 2.45) is 5.92 Å². The molecule has 0 saturated heterocycles. The highest BCUT2D eigenvalue weighted by molar-refractivity contribution is 4.82. The zero-order valence-electron chi connectivity index (χ0n) is 11.8. The summed E-state index contributed by atoms with van der Waals surface area (Å²) in [5.41, 5.74) is 0. The van der Waals surface area contributed by atoms with Crippen molar-refractivity contribution in [1.29, 1.82) is 0 Å². The Hall–Kier alpha value is -0.0800. The molecule has 0 heterocycles. The molecule has 1 unspecified atom stereocenters. The first kappa shape index (κ1) is 13.4. The molecule has 0 spiro atoms. The number of hydrogen-bond acceptors (Lipinski definition) is 2. The Kier molecular flexibility index (Phi) is 5.30. The van der Waals surface area contributed by atoms with Crippen LogP contribution < -0.4 is 5.32 Å². The molecule has 0 bridgehead atoms. The van der Waals surface area contributed by atoms with Gasteiger partial charge < -0.3 is 10.2 Å². The third-order valence-corrected chi connectivity index (χ3v) is 4.38. The quantitative estimate of drug-likeness (QED) is 0.716. The van der Waals surface area contributed by atoms with Gasteiger partial charge in [0.05, 0.1) is 0 Å². The summed E-state index contributed by atoms with van der Waals surface area (Å²) in [5.74, 6) is 0.795. The van der Waals surface area contributed by atoms with E-state index in [1.165, 1.54) is 64.5 Å². The Morgan fingerprint density at radius 2 is 1.71 bits per heavy atom. The van der Waals surface area contributed by atoms with E-state index in [0.717, 1.165) is 18.0 Å². The molecule has 2 nitrogen and oxygen atoms in total. The summed E-state index contributed by atoms with van der Waals surface area (Å²) in [6.45, 7) is 4.87. The lowest BCUT2D eigenvalue weighted by molar-refractivity contribution is 0.192. The molecule has 2 heteroatoms. The van der Waals surface area contributed by atoms with Crippen molar-refractivity contribution in [3.8, 4) is 0 Å². The Balaban J connectivity index is 1.64. The van der Waals surface area contributed by atoms with Crippen LogP contribution in [0.25, 0.3) is 0 Å². The molecule has 17 heavy (non-hydrogen) atoms. The highest BCUT2D eigenvalue weighted by Crippen LogP contribution is 2.22. The number of nitrogens with one attached hydrogen (secondary N) is 1. The molecule has 2 saturated carbocycles. The fourth-order valence-corrected chi connectivity index (χ4v) is 3.06. The molecule has 0 aromatic rings. The highest BCUT2D eigenvalue weighted by atomic mass is 15.1. The van der Waals surface area contributed by atoms with E-state index in [0.29, 0.717) is 0 Å². The first-order valence-electron chi connectivity index (χ1n) is 7.69. The normalized spacial score (nSPS) is 24.9. The maximum atomic E-state index is 3.65. The van der Waals surface area contributed by atoms with Crippen LogP contribution in [0.3, 0.4) is 0 Å². The molecule has 1 atom stereocenters. The molecule has 100 valence electrons. The van der Waals surface area contributed by atoms with Crippen molar-refractivity contribution in [2.45, 2.75) is 70.4 Å². The predicted octanol–water partition coefficient (Wildman–Crippen LogP) is 3.03. The largest absolute Gasteiger partial charge is 0.314 e. The maximum Gasteiger partial charge on any atom is 0.00923 e. The fourth-order valence-electron chi connectivity index (χ4n) is 3.06. The molecular formula is C15H30N2. The molecule has 2 fully saturated rings. The van der Waals surface area contributed by atoms with Gasteiger partial charge in [0.2, 0.25) is 0 Å². The SMILES string of the molecule is CC(CNC1CC1)CN(C)C1CCCCCC1. The van der Waals surface area contributed by atoms with Crippen LogP contribution >= 0.6 is 0 Å². The van der Waals surface area contributed by atoms with Crippen LogP contribution in [-0.4, -0.2) is 37.1 Å². The highest BCUT2D eigenvalue weighted by Gasteiger charge is 2.22. The van der Waals surface area contributed by atoms with E-state index >= 15 is 0 Å². The molecule has 0 aliphatic heterocycles. The zero-order valence-corrected chi connectivity index (χ0v) is 11.8. The standard InChI is InChI=1S/C15H30N2/c1-13(11-16-14-9-10-14)12-17(2)15-7-5-3-4-6-8-15/h13-16H,3-12H2,1-2H3. The molecule has 0 radical (unpaired) electrons. The van der Waals surface area contributed by atoms with Crippen molar-refractivity contribution in [3.63, 3.8) is 0 Å². The van der Waals surface area contributed by atoms with Crippen LogP contribution in [0.4, 0.5) is 0 Å². The van der Waals surface area contributed by atoms with Crippen LogP contribution in [0.2, 0.25) is 0 Å². The van der Waals surface area contributed by atoms with Crippen LogP contribution in [0.1, 0.15) is 58.3 Å². The summed E-state index contributed by atoms with van der Waals surface area (Å²) in [6, 6.07) is 1.72. The Labute approximate surface area is 107 Å². The van der Waals surface area contributed by atoms with Gasteiger partial charge >= 0.3 is 0 Å². The van der Waals surface area contributed by atoms with E-state index in [9.17, 15) is 0 Å². The number of rotatable bonds is 6. The second kappa shape index (κ2) is 6.75. The Morgan fingerprint density at radius 1 is 1.06 bits per heavy atom. The van der Waals surface area contributed by atoms with Crippen molar-refractivity contribution in [3.05, 3.63) is 0 Å². The van der Waals surface area contributed by atoms with Crippen LogP contribution in [-0.2, 0) is 0 Å². The summed E-state index contributed by atoms with van der Waals surface area (Å²) in [6.07, 6.45) is 11.5. The molecule has 2 aliphatic rings. The Morgan fingerprint density at radius 3 is 2.29 bits per heavy atom. The topological polar surface area (TPSA) is 15.3 Å². The van der Waals surface area contributed by atoms with Crippen molar-refractivity contribution < 1.29 is 0 Å². The molecule has 1 N–H and O–H groups in total. The lowest BCUT2D eigenvalue weighted by Crippen LogP contribution is -2.37. The van der Waals surface area contributed by atoms with E-state index < -0.39 is 0 Å². The lowest BCUT2D eigenvalue weighted by Gasteiger charge is -2.29. The monoisotopic (exact) mass is 238 g/mol. The van der Waals surface area contributed by atoms with Crippen molar-refractivity contribution >= 4 is 0 Å². The van der Waals surface area contributed by atoms with Gasteiger partial charge in [-0.2, -0.15) is 0 Å². The Bertz CT molecular complexity index is 205. The average Bonchev–Trinajstić information content (AvgIpc) is 3.13. The van der Waals surface area contributed by atoms with Crippen LogP contribution in [0.5, 0.6) is 0 Å². The second-order valence-electron chi connectivity index (χ2n) is 6.37. The summed E-state index contributed by atoms with van der Waals surface area (Å²) < 4.78 is 0. The predicted molar refractivity (Wildman–Crippen MR) is 74.3 cm³/mol. The van der Waals surface area contributed by atoms with Gasteiger partial charge in [-0.05, 0) is 45.2 Å². The molecule has 0 amide bonds. The van der Waals surface area contributed by atoms with Gasteiger partial charge in [-0.15, -0.1) is 0 Å². The minimum atomic E-state index is 0.795. The summed E-state index contributed by atoms with van der Waals surface area (Å²) in [4.78, 5) is 2.63. The summed E-state index contributed by atoms with van der Waals surface area (Å²) >= 11 is 0. The number of hydrogen-bond donors (Lipinski definition) is 1. The van der Waals surface area contributed by atoms with Gasteiger partial charge in [-0.3, -0.25) is 0 Å². The van der Waals surface area contributed by atoms with E-state index in [2.05, 4.69) is 24.2 Å². The lowest BCUT2D eigenvalue weighted by atomic mass is 10.1. The van der Waals surface area contributed by atoms with E-state index in [1.54, 1.807) is 0 Å². The van der Waals surface area contributed by atoms with E-state index in [-0.39, 0.29) is 0 Å². The van der Waals surface area contributed by atoms with Gasteiger partial charge in [-0.25, -0.2) is 0 Å². The first-order chi connectivity index (χ1) is 8.25. The van der Waals surface area contributed by atoms with E-state index in [1.807, 2.05) is 0 Å². The number of nitrogens with zero attached hydrogens (tertiary/aromatic N) is 1.